The summed E-state index contributed by atoms with van der Waals surface area (Å²) < 4.78 is 40.4. The molecule has 0 spiro atoms. The molecule has 2 aromatic rings. The molecule has 1 heterocycles. The highest BCUT2D eigenvalue weighted by Gasteiger charge is 2.23. The van der Waals surface area contributed by atoms with Crippen LogP contribution >= 0.6 is 0 Å². The molecular weight excluding hydrogens is 393 g/mol. The van der Waals surface area contributed by atoms with Gasteiger partial charge in [0, 0.05) is 43.5 Å². The summed E-state index contributed by atoms with van der Waals surface area (Å²) in [4.78, 5) is 16.8. The molecule has 156 valence electrons. The van der Waals surface area contributed by atoms with Crippen molar-refractivity contribution in [2.75, 3.05) is 31.1 Å². The van der Waals surface area contributed by atoms with Crippen LogP contribution in [0.1, 0.15) is 30.6 Å². The van der Waals surface area contributed by atoms with E-state index in [-0.39, 0.29) is 22.7 Å². The topological polar surface area (TPSA) is 69.7 Å². The normalized spacial score (nSPS) is 16.0. The number of nitrogens with one attached hydrogen (secondary N) is 1. The van der Waals surface area contributed by atoms with Crippen LogP contribution in [0.25, 0.3) is 0 Å². The lowest BCUT2D eigenvalue weighted by Gasteiger charge is -2.36. The summed E-state index contributed by atoms with van der Waals surface area (Å²) in [6, 6.07) is 12.2. The first-order chi connectivity index (χ1) is 13.8. The number of carbonyl (C=O) groups excluding carboxylic acids is 1. The molecule has 1 atom stereocenters. The van der Waals surface area contributed by atoms with Crippen molar-refractivity contribution in [2.45, 2.75) is 31.2 Å². The zero-order chi connectivity index (χ0) is 21.0. The Morgan fingerprint density at radius 1 is 1.03 bits per heavy atom. The largest absolute Gasteiger partial charge is 0.368 e. The van der Waals surface area contributed by atoms with E-state index in [9.17, 15) is 17.6 Å². The molecule has 29 heavy (non-hydrogen) atoms. The molecule has 2 aromatic carbocycles. The number of sulfonamides is 1. The molecule has 6 nitrogen and oxygen atoms in total. The summed E-state index contributed by atoms with van der Waals surface area (Å²) in [5.41, 5.74) is 1.39. The summed E-state index contributed by atoms with van der Waals surface area (Å²) in [5, 5.41) is 0. The second kappa shape index (κ2) is 8.92. The van der Waals surface area contributed by atoms with Gasteiger partial charge in [-0.25, -0.2) is 17.5 Å². The first kappa shape index (κ1) is 21.3. The van der Waals surface area contributed by atoms with E-state index in [0.29, 0.717) is 38.2 Å². The first-order valence-corrected chi connectivity index (χ1v) is 11.2. The minimum Gasteiger partial charge on any atom is -0.368 e. The van der Waals surface area contributed by atoms with Crippen LogP contribution in [0.4, 0.5) is 10.1 Å². The van der Waals surface area contributed by atoms with E-state index in [1.165, 1.54) is 24.3 Å². The van der Waals surface area contributed by atoms with Crippen molar-refractivity contribution >= 4 is 21.6 Å². The number of amides is 1. The summed E-state index contributed by atoms with van der Waals surface area (Å²) >= 11 is 0. The molecule has 8 heteroatoms. The minimum absolute atomic E-state index is 0.123. The molecule has 1 N–H and O–H groups in total. The molecule has 1 aliphatic rings. The average Bonchev–Trinajstić information content (AvgIpc) is 2.73. The van der Waals surface area contributed by atoms with Crippen molar-refractivity contribution < 1.29 is 17.6 Å². The molecule has 0 aliphatic carbocycles. The van der Waals surface area contributed by atoms with Gasteiger partial charge in [0.05, 0.1) is 4.90 Å². The number of benzene rings is 2. The Labute approximate surface area is 171 Å². The number of anilines is 1. The molecule has 0 radical (unpaired) electrons. The van der Waals surface area contributed by atoms with Crippen molar-refractivity contribution in [3.05, 3.63) is 59.9 Å². The van der Waals surface area contributed by atoms with Gasteiger partial charge in [0.1, 0.15) is 5.82 Å². The Kier molecular flexibility index (Phi) is 6.54. The van der Waals surface area contributed by atoms with Gasteiger partial charge in [-0.15, -0.1) is 0 Å². The number of hydrogen-bond acceptors (Lipinski definition) is 4. The summed E-state index contributed by atoms with van der Waals surface area (Å²) in [5.74, 6) is -0.394. The van der Waals surface area contributed by atoms with E-state index < -0.39 is 10.0 Å². The van der Waals surface area contributed by atoms with Crippen LogP contribution in [0.5, 0.6) is 0 Å². The molecule has 1 amide bonds. The van der Waals surface area contributed by atoms with Crippen molar-refractivity contribution in [2.24, 2.45) is 0 Å². The Balaban J connectivity index is 1.62. The summed E-state index contributed by atoms with van der Waals surface area (Å²) in [6.07, 6.45) is 0.694. The minimum atomic E-state index is -3.59. The second-order valence-corrected chi connectivity index (χ2v) is 8.92. The molecule has 1 aliphatic heterocycles. The summed E-state index contributed by atoms with van der Waals surface area (Å²) in [6.45, 7) is 6.12. The highest BCUT2D eigenvalue weighted by Crippen LogP contribution is 2.19. The molecule has 0 saturated carbocycles. The number of hydrogen-bond donors (Lipinski definition) is 1. The number of piperazine rings is 1. The van der Waals surface area contributed by atoms with Gasteiger partial charge in [0.15, 0.2) is 0 Å². The third kappa shape index (κ3) is 5.13. The van der Waals surface area contributed by atoms with E-state index in [1.807, 2.05) is 6.92 Å². The number of nitrogens with zero attached hydrogens (tertiary/aromatic N) is 2. The maximum absolute atomic E-state index is 13.1. The fourth-order valence-corrected chi connectivity index (χ4v) is 4.52. The fraction of sp³-hybridized carbons (Fsp3) is 0.381. The highest BCUT2D eigenvalue weighted by molar-refractivity contribution is 7.89. The van der Waals surface area contributed by atoms with E-state index in [0.717, 1.165) is 5.69 Å². The molecule has 1 unspecified atom stereocenters. The quantitative estimate of drug-likeness (QED) is 0.782. The lowest BCUT2D eigenvalue weighted by molar-refractivity contribution is 0.0746. The van der Waals surface area contributed by atoms with Crippen molar-refractivity contribution in [1.82, 2.24) is 9.62 Å². The van der Waals surface area contributed by atoms with Gasteiger partial charge in [0.2, 0.25) is 10.0 Å². The smallest absolute Gasteiger partial charge is 0.253 e. The zero-order valence-corrected chi connectivity index (χ0v) is 17.5. The third-order valence-corrected chi connectivity index (χ3v) is 6.74. The van der Waals surface area contributed by atoms with Gasteiger partial charge < -0.3 is 9.80 Å². The number of rotatable bonds is 6. The molecular formula is C21H26FN3O3S. The summed E-state index contributed by atoms with van der Waals surface area (Å²) in [7, 11) is -3.59. The molecule has 1 saturated heterocycles. The van der Waals surface area contributed by atoms with E-state index in [2.05, 4.69) is 9.62 Å². The van der Waals surface area contributed by atoms with Gasteiger partial charge in [-0.05, 0) is 61.9 Å². The van der Waals surface area contributed by atoms with Crippen LogP contribution in [0.2, 0.25) is 0 Å². The third-order valence-electron chi connectivity index (χ3n) is 5.14. The Hall–Kier alpha value is -2.45. The Morgan fingerprint density at radius 3 is 2.17 bits per heavy atom. The predicted molar refractivity (Wildman–Crippen MR) is 111 cm³/mol. The monoisotopic (exact) mass is 419 g/mol. The molecule has 0 bridgehead atoms. The van der Waals surface area contributed by atoms with Gasteiger partial charge >= 0.3 is 0 Å². The molecule has 1 fully saturated rings. The zero-order valence-electron chi connectivity index (χ0n) is 16.6. The maximum Gasteiger partial charge on any atom is 0.253 e. The van der Waals surface area contributed by atoms with Crippen LogP contribution in [0.3, 0.4) is 0 Å². The van der Waals surface area contributed by atoms with Crippen molar-refractivity contribution in [3.8, 4) is 0 Å². The highest BCUT2D eigenvalue weighted by atomic mass is 32.2. The average molecular weight is 420 g/mol. The SMILES string of the molecule is CCC(C)NS(=O)(=O)c1ccc(C(=O)N2CCN(c3ccc(F)cc3)CC2)cc1. The maximum atomic E-state index is 13.1. The van der Waals surface area contributed by atoms with Crippen LogP contribution in [-0.4, -0.2) is 51.4 Å². The van der Waals surface area contributed by atoms with E-state index >= 15 is 0 Å². The van der Waals surface area contributed by atoms with Crippen LogP contribution in [0.15, 0.2) is 53.4 Å². The first-order valence-electron chi connectivity index (χ1n) is 9.72. The number of carbonyl (C=O) groups is 1. The van der Waals surface area contributed by atoms with Gasteiger partial charge in [-0.3, -0.25) is 4.79 Å². The van der Waals surface area contributed by atoms with E-state index in [4.69, 9.17) is 0 Å². The van der Waals surface area contributed by atoms with Gasteiger partial charge in [-0.1, -0.05) is 6.92 Å². The number of halogens is 1. The molecule has 0 aromatic heterocycles. The van der Waals surface area contributed by atoms with Crippen LogP contribution in [0, 0.1) is 5.82 Å². The lowest BCUT2D eigenvalue weighted by Crippen LogP contribution is -2.48. The lowest BCUT2D eigenvalue weighted by atomic mass is 10.1. The Bertz CT molecular complexity index is 938. The second-order valence-electron chi connectivity index (χ2n) is 7.21. The Morgan fingerprint density at radius 2 is 1.62 bits per heavy atom. The standard InChI is InChI=1S/C21H26FN3O3S/c1-3-16(2)23-29(27,28)20-10-4-17(5-11-20)21(26)25-14-12-24(13-15-25)19-8-6-18(22)7-9-19/h4-11,16,23H,3,12-15H2,1-2H3. The molecule has 3 rings (SSSR count). The van der Waals surface area contributed by atoms with Crippen LogP contribution < -0.4 is 9.62 Å². The van der Waals surface area contributed by atoms with Gasteiger partial charge in [-0.2, -0.15) is 0 Å². The fourth-order valence-electron chi connectivity index (χ4n) is 3.20. The predicted octanol–water partition coefficient (Wildman–Crippen LogP) is 2.86. The van der Waals surface area contributed by atoms with E-state index in [1.54, 1.807) is 36.1 Å². The van der Waals surface area contributed by atoms with Gasteiger partial charge in [0.25, 0.3) is 5.91 Å². The van der Waals surface area contributed by atoms with Crippen molar-refractivity contribution in [1.29, 1.82) is 0 Å². The van der Waals surface area contributed by atoms with Crippen molar-refractivity contribution in [3.63, 3.8) is 0 Å². The van der Waals surface area contributed by atoms with Crippen LogP contribution in [-0.2, 0) is 10.0 Å².